The molecule has 1 aliphatic heterocycles. The van der Waals surface area contributed by atoms with Crippen LogP contribution in [0.5, 0.6) is 5.75 Å². The molecule has 0 aliphatic carbocycles. The Bertz CT molecular complexity index is 654. The van der Waals surface area contributed by atoms with Gasteiger partial charge in [0.15, 0.2) is 0 Å². The summed E-state index contributed by atoms with van der Waals surface area (Å²) in [5.41, 5.74) is 2.32. The quantitative estimate of drug-likeness (QED) is 0.334. The second-order valence-electron chi connectivity index (χ2n) is 5.39. The molecule has 1 aromatic rings. The van der Waals surface area contributed by atoms with Gasteiger partial charge in [-0.05, 0) is 43.5 Å². The molecule has 23 heavy (non-hydrogen) atoms. The molecule has 1 saturated heterocycles. The molecule has 1 aliphatic rings. The fourth-order valence-corrected chi connectivity index (χ4v) is 2.25. The highest BCUT2D eigenvalue weighted by Crippen LogP contribution is 2.17. The van der Waals surface area contributed by atoms with E-state index in [1.807, 2.05) is 32.0 Å². The Morgan fingerprint density at radius 3 is 2.43 bits per heavy atom. The highest BCUT2D eigenvalue weighted by molar-refractivity contribution is 6.44. The number of carbonyl (C=O) groups excluding carboxylic acids is 3. The van der Waals surface area contributed by atoms with Gasteiger partial charge in [-0.3, -0.25) is 19.4 Å². The largest absolute Gasteiger partial charge is 0.494 e. The van der Waals surface area contributed by atoms with Crippen molar-refractivity contribution < 1.29 is 19.1 Å². The Morgan fingerprint density at radius 1 is 1.09 bits per heavy atom. The summed E-state index contributed by atoms with van der Waals surface area (Å²) >= 11 is 0. The zero-order valence-corrected chi connectivity index (χ0v) is 13.4. The lowest BCUT2D eigenvalue weighted by Gasteiger charge is -2.14. The third-order valence-electron chi connectivity index (χ3n) is 3.72. The van der Waals surface area contributed by atoms with Crippen LogP contribution in [0.2, 0.25) is 0 Å². The van der Waals surface area contributed by atoms with E-state index >= 15 is 0 Å². The number of ether oxygens (including phenoxy) is 1. The molecule has 0 radical (unpaired) electrons. The number of nitrogens with zero attached hydrogens (tertiary/aromatic N) is 2. The molecular weight excluding hydrogens is 296 g/mol. The Morgan fingerprint density at radius 2 is 1.78 bits per heavy atom. The minimum atomic E-state index is -0.801. The number of amides is 4. The number of carbonyl (C=O) groups is 3. The lowest BCUT2D eigenvalue weighted by atomic mass is 10.1. The van der Waals surface area contributed by atoms with E-state index in [1.54, 1.807) is 0 Å². The van der Waals surface area contributed by atoms with Crippen LogP contribution in [-0.4, -0.2) is 47.3 Å². The van der Waals surface area contributed by atoms with E-state index in [1.165, 1.54) is 11.6 Å². The summed E-state index contributed by atoms with van der Waals surface area (Å²) < 4.78 is 5.61. The summed E-state index contributed by atoms with van der Waals surface area (Å²) in [5, 5.41) is 0. The molecular formula is C17H20N2O4. The minimum Gasteiger partial charge on any atom is -0.494 e. The van der Waals surface area contributed by atoms with E-state index in [9.17, 15) is 14.4 Å². The van der Waals surface area contributed by atoms with Crippen LogP contribution in [-0.2, 0) is 9.59 Å². The van der Waals surface area contributed by atoms with E-state index in [4.69, 9.17) is 4.74 Å². The molecule has 0 aromatic heterocycles. The number of aryl methyl sites for hydroxylation is 2. The Labute approximate surface area is 135 Å². The second-order valence-corrected chi connectivity index (χ2v) is 5.39. The van der Waals surface area contributed by atoms with Gasteiger partial charge in [-0.25, -0.2) is 4.79 Å². The molecule has 0 atom stereocenters. The molecule has 0 unspecified atom stereocenters. The molecule has 122 valence electrons. The molecule has 1 aromatic carbocycles. The summed E-state index contributed by atoms with van der Waals surface area (Å²) in [6.45, 7) is 8.05. The zero-order chi connectivity index (χ0) is 17.0. The third-order valence-corrected chi connectivity index (χ3v) is 3.72. The lowest BCUT2D eigenvalue weighted by molar-refractivity contribution is -0.143. The van der Waals surface area contributed by atoms with Crippen molar-refractivity contribution in [2.24, 2.45) is 0 Å². The fraction of sp³-hybridized carbons (Fsp3) is 0.353. The molecule has 1 fully saturated rings. The predicted octanol–water partition coefficient (Wildman–Crippen LogP) is 2.05. The number of imide groups is 2. The van der Waals surface area contributed by atoms with Gasteiger partial charge in [-0.15, -0.1) is 6.58 Å². The van der Waals surface area contributed by atoms with Crippen molar-refractivity contribution in [3.8, 4) is 5.75 Å². The van der Waals surface area contributed by atoms with Gasteiger partial charge < -0.3 is 4.74 Å². The van der Waals surface area contributed by atoms with Gasteiger partial charge in [0.05, 0.1) is 6.61 Å². The van der Waals surface area contributed by atoms with Gasteiger partial charge in [0, 0.05) is 13.1 Å². The van der Waals surface area contributed by atoms with E-state index in [0.29, 0.717) is 13.0 Å². The van der Waals surface area contributed by atoms with E-state index < -0.39 is 17.8 Å². The maximum atomic E-state index is 12.0. The van der Waals surface area contributed by atoms with Gasteiger partial charge in [-0.2, -0.15) is 0 Å². The highest BCUT2D eigenvalue weighted by Gasteiger charge is 2.43. The summed E-state index contributed by atoms with van der Waals surface area (Å²) in [7, 11) is 0. The van der Waals surface area contributed by atoms with Crippen molar-refractivity contribution in [1.82, 2.24) is 9.80 Å². The number of rotatable bonds is 7. The Balaban J connectivity index is 1.85. The first-order valence-electron chi connectivity index (χ1n) is 7.44. The zero-order valence-electron chi connectivity index (χ0n) is 13.4. The van der Waals surface area contributed by atoms with E-state index in [2.05, 4.69) is 6.58 Å². The molecule has 2 rings (SSSR count). The summed E-state index contributed by atoms with van der Waals surface area (Å²) in [6, 6.07) is 5.20. The Hall–Kier alpha value is -2.63. The van der Waals surface area contributed by atoms with Crippen LogP contribution in [0.15, 0.2) is 30.9 Å². The molecule has 6 nitrogen and oxygen atoms in total. The van der Waals surface area contributed by atoms with Crippen LogP contribution < -0.4 is 4.74 Å². The van der Waals surface area contributed by atoms with Crippen LogP contribution in [0.4, 0.5) is 4.79 Å². The van der Waals surface area contributed by atoms with Crippen molar-refractivity contribution in [3.63, 3.8) is 0 Å². The molecule has 4 amide bonds. The van der Waals surface area contributed by atoms with Gasteiger partial charge in [0.25, 0.3) is 0 Å². The summed E-state index contributed by atoms with van der Waals surface area (Å²) in [4.78, 5) is 37.3. The van der Waals surface area contributed by atoms with Gasteiger partial charge >= 0.3 is 17.8 Å². The van der Waals surface area contributed by atoms with Gasteiger partial charge in [0.2, 0.25) is 0 Å². The smallest absolute Gasteiger partial charge is 0.334 e. The number of hydrogen-bond donors (Lipinski definition) is 0. The van der Waals surface area contributed by atoms with Gasteiger partial charge in [0.1, 0.15) is 5.75 Å². The van der Waals surface area contributed by atoms with E-state index in [0.717, 1.165) is 21.1 Å². The van der Waals surface area contributed by atoms with Crippen molar-refractivity contribution in [1.29, 1.82) is 0 Å². The average Bonchev–Trinajstić information content (AvgIpc) is 2.72. The van der Waals surface area contributed by atoms with E-state index in [-0.39, 0.29) is 13.1 Å². The maximum Gasteiger partial charge on any atom is 0.334 e. The molecule has 0 N–H and O–H groups in total. The van der Waals surface area contributed by atoms with Crippen molar-refractivity contribution in [2.45, 2.75) is 20.3 Å². The standard InChI is InChI=1S/C17H20N2O4/c1-4-8-18-15(20)16(21)19(17(18)22)9-5-10-23-14-7-6-12(2)13(3)11-14/h4,6-7,11H,1,5,8-10H2,2-3H3. The molecule has 0 spiro atoms. The van der Waals surface area contributed by atoms with Crippen LogP contribution in [0.1, 0.15) is 17.5 Å². The maximum absolute atomic E-state index is 12.0. The van der Waals surface area contributed by atoms with Crippen LogP contribution in [0, 0.1) is 13.8 Å². The average molecular weight is 316 g/mol. The Kier molecular flexibility index (Phi) is 5.16. The van der Waals surface area contributed by atoms with Crippen LogP contribution in [0.3, 0.4) is 0 Å². The minimum absolute atomic E-state index is 0.0407. The number of urea groups is 1. The monoisotopic (exact) mass is 316 g/mol. The topological polar surface area (TPSA) is 66.9 Å². The second kappa shape index (κ2) is 7.09. The predicted molar refractivity (Wildman–Crippen MR) is 85.0 cm³/mol. The molecule has 1 heterocycles. The number of benzene rings is 1. The molecule has 6 heteroatoms. The SMILES string of the molecule is C=CCN1C(=O)C(=O)N(CCCOc2ccc(C)c(C)c2)C1=O. The molecule has 0 bridgehead atoms. The first kappa shape index (κ1) is 16.7. The van der Waals surface area contributed by atoms with Crippen molar-refractivity contribution in [3.05, 3.63) is 42.0 Å². The fourth-order valence-electron chi connectivity index (χ4n) is 2.25. The van der Waals surface area contributed by atoms with Crippen molar-refractivity contribution in [2.75, 3.05) is 19.7 Å². The first-order chi connectivity index (χ1) is 11.0. The normalized spacial score (nSPS) is 14.6. The molecule has 0 saturated carbocycles. The van der Waals surface area contributed by atoms with Crippen LogP contribution >= 0.6 is 0 Å². The number of hydrogen-bond acceptors (Lipinski definition) is 4. The first-order valence-corrected chi connectivity index (χ1v) is 7.44. The highest BCUT2D eigenvalue weighted by atomic mass is 16.5. The summed E-state index contributed by atoms with van der Waals surface area (Å²) in [6.07, 6.45) is 1.87. The van der Waals surface area contributed by atoms with Gasteiger partial charge in [-0.1, -0.05) is 12.1 Å². The summed E-state index contributed by atoms with van der Waals surface area (Å²) in [5.74, 6) is -0.843. The third kappa shape index (κ3) is 3.59. The lowest BCUT2D eigenvalue weighted by Crippen LogP contribution is -2.34. The van der Waals surface area contributed by atoms with Crippen molar-refractivity contribution >= 4 is 17.8 Å². The van der Waals surface area contributed by atoms with Crippen LogP contribution in [0.25, 0.3) is 0 Å².